The Kier molecular flexibility index (Phi) is 5.45. The van der Waals surface area contributed by atoms with Gasteiger partial charge in [0, 0.05) is 0 Å². The molecule has 1 N–H and O–H groups in total. The summed E-state index contributed by atoms with van der Waals surface area (Å²) >= 11 is 5.60. The van der Waals surface area contributed by atoms with Crippen LogP contribution in [0.5, 0.6) is 0 Å². The van der Waals surface area contributed by atoms with Gasteiger partial charge in [-0.05, 0) is 12.5 Å². The summed E-state index contributed by atoms with van der Waals surface area (Å²) in [6.45, 7) is 1.55. The lowest BCUT2D eigenvalue weighted by atomic mass is 10.2. The van der Waals surface area contributed by atoms with E-state index in [9.17, 15) is 9.59 Å². The van der Waals surface area contributed by atoms with Crippen LogP contribution in [-0.4, -0.2) is 22.8 Å². The largest absolute Gasteiger partial charge is 0.507 e. The fourth-order valence-corrected chi connectivity index (χ4v) is 1.34. The molecule has 1 unspecified atom stereocenters. The summed E-state index contributed by atoms with van der Waals surface area (Å²) in [4.78, 5) is 21.8. The molecule has 0 heterocycles. The van der Waals surface area contributed by atoms with Gasteiger partial charge in [0.15, 0.2) is 5.56 Å². The van der Waals surface area contributed by atoms with Crippen LogP contribution >= 0.6 is 11.6 Å². The Hall–Kier alpha value is -1.75. The van der Waals surface area contributed by atoms with Crippen LogP contribution in [0.3, 0.4) is 0 Å². The van der Waals surface area contributed by atoms with Gasteiger partial charge in [-0.15, -0.1) is 0 Å². The van der Waals surface area contributed by atoms with Crippen molar-refractivity contribution in [2.24, 2.45) is 5.92 Å². The predicted molar refractivity (Wildman–Crippen MR) is 64.2 cm³/mol. The lowest BCUT2D eigenvalue weighted by Gasteiger charge is -2.15. The number of alkyl halides is 1. The van der Waals surface area contributed by atoms with E-state index in [2.05, 4.69) is 4.74 Å². The lowest BCUT2D eigenvalue weighted by Crippen LogP contribution is -2.27. The minimum Gasteiger partial charge on any atom is -0.460 e. The molecule has 0 aromatic heterocycles. The number of esters is 1. The van der Waals surface area contributed by atoms with E-state index >= 15 is 0 Å². The van der Waals surface area contributed by atoms with Gasteiger partial charge in [0.2, 0.25) is 0 Å². The van der Waals surface area contributed by atoms with E-state index in [1.165, 1.54) is 6.92 Å². The van der Waals surface area contributed by atoms with Crippen LogP contribution in [0.25, 0.3) is 0 Å². The first-order valence-electron chi connectivity index (χ1n) is 5.25. The Morgan fingerprint density at radius 1 is 1.33 bits per heavy atom. The molecule has 1 rings (SSSR count). The van der Waals surface area contributed by atoms with Crippen molar-refractivity contribution >= 4 is 23.7 Å². The second-order valence-electron chi connectivity index (χ2n) is 3.62. The lowest BCUT2D eigenvalue weighted by molar-refractivity contribution is -0.151. The molecule has 1 aromatic carbocycles. The smallest absolute Gasteiger partial charge is 0.460 e. The van der Waals surface area contributed by atoms with E-state index in [4.69, 9.17) is 21.4 Å². The monoisotopic (exact) mass is 272 g/mol. The minimum absolute atomic E-state index is 0.112. The highest BCUT2D eigenvalue weighted by Crippen LogP contribution is 2.15. The Morgan fingerprint density at radius 3 is 2.50 bits per heavy atom. The van der Waals surface area contributed by atoms with E-state index in [-0.39, 0.29) is 6.61 Å². The topological polar surface area (TPSA) is 72.8 Å². The van der Waals surface area contributed by atoms with Crippen molar-refractivity contribution in [2.45, 2.75) is 19.1 Å². The summed E-state index contributed by atoms with van der Waals surface area (Å²) in [5.74, 6) is -1.48. The van der Waals surface area contributed by atoms with Gasteiger partial charge in [0.25, 0.3) is 0 Å². The first-order valence-corrected chi connectivity index (χ1v) is 5.68. The fraction of sp³-hybridized carbons (Fsp3) is 0.333. The molecule has 98 valence electrons. The minimum atomic E-state index is -1.53. The first-order chi connectivity index (χ1) is 8.50. The number of hydrogen-bond donors (Lipinski definition) is 1. The Labute approximate surface area is 109 Å². The maximum atomic E-state index is 11.6. The first kappa shape index (κ1) is 14.3. The third-order valence-corrected chi connectivity index (χ3v) is 2.67. The standard InChI is InChI=1S/C12H13ClO5/c1-8(10(13)18-12(15)16)11(14)17-7-9-5-3-2-4-6-9/h2-6,8,10H,7H2,1H3,(H,15,16)/t8-,10?/m1/s1. The van der Waals surface area contributed by atoms with Gasteiger partial charge in [0.05, 0.1) is 0 Å². The van der Waals surface area contributed by atoms with Crippen LogP contribution in [0.2, 0.25) is 0 Å². The molecule has 6 heteroatoms. The van der Waals surface area contributed by atoms with Gasteiger partial charge in [-0.25, -0.2) is 4.79 Å². The molecule has 0 amide bonds. The van der Waals surface area contributed by atoms with Gasteiger partial charge in [0.1, 0.15) is 12.5 Å². The quantitative estimate of drug-likeness (QED) is 0.659. The van der Waals surface area contributed by atoms with Gasteiger partial charge >= 0.3 is 12.1 Å². The van der Waals surface area contributed by atoms with Crippen molar-refractivity contribution in [3.8, 4) is 0 Å². The summed E-state index contributed by atoms with van der Waals surface area (Å²) in [6, 6.07) is 9.12. The highest BCUT2D eigenvalue weighted by atomic mass is 35.5. The molecule has 0 saturated heterocycles. The maximum Gasteiger partial charge on any atom is 0.507 e. The summed E-state index contributed by atoms with van der Waals surface area (Å²) in [6.07, 6.45) is -1.53. The summed E-state index contributed by atoms with van der Waals surface area (Å²) < 4.78 is 9.26. The molecule has 0 aliphatic carbocycles. The van der Waals surface area contributed by atoms with Crippen molar-refractivity contribution in [3.63, 3.8) is 0 Å². The van der Waals surface area contributed by atoms with Gasteiger partial charge in [-0.1, -0.05) is 41.9 Å². The Bertz CT molecular complexity index is 406. The van der Waals surface area contributed by atoms with Crippen molar-refractivity contribution in [1.29, 1.82) is 0 Å². The number of carbonyl (C=O) groups excluding carboxylic acids is 1. The predicted octanol–water partition coefficient (Wildman–Crippen LogP) is 2.63. The van der Waals surface area contributed by atoms with Crippen LogP contribution in [-0.2, 0) is 20.9 Å². The van der Waals surface area contributed by atoms with E-state index in [1.54, 1.807) is 0 Å². The number of carboxylic acid groups (broad SMARTS) is 1. The second-order valence-corrected chi connectivity index (χ2v) is 4.05. The molecule has 18 heavy (non-hydrogen) atoms. The SMILES string of the molecule is C[C@@H](C(=O)OCc1ccccc1)C(Cl)OC(=O)O. The molecule has 2 atom stereocenters. The number of halogens is 1. The van der Waals surface area contributed by atoms with E-state index in [0.717, 1.165) is 5.56 Å². The molecule has 0 bridgehead atoms. The van der Waals surface area contributed by atoms with Crippen LogP contribution < -0.4 is 0 Å². The molecular weight excluding hydrogens is 260 g/mol. The van der Waals surface area contributed by atoms with Gasteiger partial charge in [-0.3, -0.25) is 4.79 Å². The van der Waals surface area contributed by atoms with Gasteiger partial charge < -0.3 is 14.6 Å². The Balaban J connectivity index is 2.43. The zero-order chi connectivity index (χ0) is 13.5. The normalized spacial score (nSPS) is 13.4. The summed E-state index contributed by atoms with van der Waals surface area (Å²) in [7, 11) is 0. The average Bonchev–Trinajstić information content (AvgIpc) is 2.35. The van der Waals surface area contributed by atoms with E-state index < -0.39 is 23.6 Å². The molecule has 5 nitrogen and oxygen atoms in total. The number of rotatable bonds is 5. The molecule has 0 aliphatic heterocycles. The van der Waals surface area contributed by atoms with Crippen LogP contribution in [0, 0.1) is 5.92 Å². The molecule has 0 fully saturated rings. The van der Waals surface area contributed by atoms with Crippen molar-refractivity contribution in [1.82, 2.24) is 0 Å². The fourth-order valence-electron chi connectivity index (χ4n) is 1.17. The molecule has 0 spiro atoms. The van der Waals surface area contributed by atoms with Crippen LogP contribution in [0.15, 0.2) is 30.3 Å². The van der Waals surface area contributed by atoms with Crippen LogP contribution in [0.1, 0.15) is 12.5 Å². The third-order valence-electron chi connectivity index (χ3n) is 2.20. The highest BCUT2D eigenvalue weighted by molar-refractivity contribution is 6.21. The van der Waals surface area contributed by atoms with Gasteiger partial charge in [-0.2, -0.15) is 0 Å². The summed E-state index contributed by atoms with van der Waals surface area (Å²) in [5.41, 5.74) is -0.422. The number of hydrogen-bond acceptors (Lipinski definition) is 4. The zero-order valence-electron chi connectivity index (χ0n) is 9.71. The molecule has 0 aliphatic rings. The molecule has 1 aromatic rings. The summed E-state index contributed by atoms with van der Waals surface area (Å²) in [5, 5.41) is 8.36. The zero-order valence-corrected chi connectivity index (χ0v) is 10.5. The Morgan fingerprint density at radius 2 is 1.94 bits per heavy atom. The van der Waals surface area contributed by atoms with Crippen molar-refractivity contribution in [3.05, 3.63) is 35.9 Å². The molecule has 0 saturated carbocycles. The number of carbonyl (C=O) groups is 2. The second kappa shape index (κ2) is 6.86. The van der Waals surface area contributed by atoms with Crippen molar-refractivity contribution < 1.29 is 24.2 Å². The molecule has 0 radical (unpaired) electrons. The van der Waals surface area contributed by atoms with Crippen LogP contribution in [0.4, 0.5) is 4.79 Å². The molecular formula is C12H13ClO5. The van der Waals surface area contributed by atoms with E-state index in [1.807, 2.05) is 30.3 Å². The number of benzene rings is 1. The highest BCUT2D eigenvalue weighted by Gasteiger charge is 2.26. The number of ether oxygens (including phenoxy) is 2. The average molecular weight is 273 g/mol. The van der Waals surface area contributed by atoms with Crippen molar-refractivity contribution in [2.75, 3.05) is 0 Å². The van der Waals surface area contributed by atoms with E-state index in [0.29, 0.717) is 0 Å². The maximum absolute atomic E-state index is 11.6. The third kappa shape index (κ3) is 4.63.